The number of likely N-dealkylation sites (tertiary alicyclic amines) is 1. The molecule has 1 saturated heterocycles. The number of halogens is 1. The normalized spacial score (nSPS) is 21.6. The number of aliphatic carboxylic acids is 1. The van der Waals surface area contributed by atoms with E-state index in [1.165, 1.54) is 12.0 Å². The van der Waals surface area contributed by atoms with Crippen LogP contribution in [0.2, 0.25) is 5.02 Å². The summed E-state index contributed by atoms with van der Waals surface area (Å²) in [5, 5.41) is 20.6. The number of hydrogen-bond donors (Lipinski definition) is 1. The number of carboxylic acids is 1. The summed E-state index contributed by atoms with van der Waals surface area (Å²) in [4.78, 5) is 27.9. The lowest BCUT2D eigenvalue weighted by molar-refractivity contribution is -0.141. The molecule has 0 aromatic heterocycles. The summed E-state index contributed by atoms with van der Waals surface area (Å²) in [6.45, 7) is 1.67. The standard InChI is InChI=1S/C27H23ClN2O4/c1-27(16-29)15-21(26(32)33)30(24(27)19-11-6-7-13-20(19)28)25(31)23-18(12-8-14-22(23)34-2)17-9-4-3-5-10-17/h3-14,21,24H,15H2,1-2H3,(H,32,33). The minimum Gasteiger partial charge on any atom is -0.496 e. The van der Waals surface area contributed by atoms with Gasteiger partial charge >= 0.3 is 5.97 Å². The number of carboxylic acid groups (broad SMARTS) is 1. The fourth-order valence-corrected chi connectivity index (χ4v) is 5.01. The van der Waals surface area contributed by atoms with Gasteiger partial charge in [-0.15, -0.1) is 0 Å². The van der Waals surface area contributed by atoms with Gasteiger partial charge in [-0.2, -0.15) is 5.26 Å². The molecule has 1 N–H and O–H groups in total. The highest BCUT2D eigenvalue weighted by Gasteiger charge is 2.56. The number of benzene rings is 3. The van der Waals surface area contributed by atoms with Gasteiger partial charge in [-0.3, -0.25) is 4.79 Å². The van der Waals surface area contributed by atoms with Gasteiger partial charge in [0.2, 0.25) is 0 Å². The number of hydrogen-bond acceptors (Lipinski definition) is 4. The molecule has 3 unspecified atom stereocenters. The molecule has 3 aromatic rings. The molecule has 1 aliphatic rings. The van der Waals surface area contributed by atoms with Gasteiger partial charge in [0.05, 0.1) is 30.2 Å². The van der Waals surface area contributed by atoms with Crippen molar-refractivity contribution in [3.63, 3.8) is 0 Å². The molecular weight excluding hydrogens is 452 g/mol. The summed E-state index contributed by atoms with van der Waals surface area (Å²) < 4.78 is 5.54. The molecule has 1 fully saturated rings. The third-order valence-corrected chi connectivity index (χ3v) is 6.70. The van der Waals surface area contributed by atoms with Crippen LogP contribution in [0.3, 0.4) is 0 Å². The third kappa shape index (κ3) is 3.89. The zero-order valence-electron chi connectivity index (χ0n) is 18.7. The van der Waals surface area contributed by atoms with E-state index in [4.69, 9.17) is 16.3 Å². The number of carbonyl (C=O) groups excluding carboxylic acids is 1. The van der Waals surface area contributed by atoms with Crippen molar-refractivity contribution >= 4 is 23.5 Å². The molecule has 1 amide bonds. The van der Waals surface area contributed by atoms with Gasteiger partial charge in [-0.1, -0.05) is 72.3 Å². The van der Waals surface area contributed by atoms with E-state index in [-0.39, 0.29) is 12.0 Å². The van der Waals surface area contributed by atoms with Crippen LogP contribution in [-0.4, -0.2) is 35.0 Å². The molecule has 6 nitrogen and oxygen atoms in total. The summed E-state index contributed by atoms with van der Waals surface area (Å²) in [7, 11) is 1.46. The van der Waals surface area contributed by atoms with Gasteiger partial charge in [-0.25, -0.2) is 4.79 Å². The van der Waals surface area contributed by atoms with Gasteiger partial charge in [0, 0.05) is 5.02 Å². The largest absolute Gasteiger partial charge is 0.496 e. The second-order valence-electron chi connectivity index (χ2n) is 8.47. The average Bonchev–Trinajstić information content (AvgIpc) is 3.18. The van der Waals surface area contributed by atoms with Crippen LogP contribution in [0.5, 0.6) is 5.75 Å². The summed E-state index contributed by atoms with van der Waals surface area (Å²) in [5.74, 6) is -1.40. The van der Waals surface area contributed by atoms with E-state index in [0.29, 0.717) is 21.9 Å². The molecule has 0 aliphatic carbocycles. The van der Waals surface area contributed by atoms with Gasteiger partial charge in [0.1, 0.15) is 11.8 Å². The van der Waals surface area contributed by atoms with Crippen molar-refractivity contribution in [3.8, 4) is 22.9 Å². The van der Waals surface area contributed by atoms with E-state index in [2.05, 4.69) is 6.07 Å². The molecule has 4 rings (SSSR count). The maximum atomic E-state index is 14.3. The van der Waals surface area contributed by atoms with Gasteiger partial charge < -0.3 is 14.7 Å². The van der Waals surface area contributed by atoms with Crippen molar-refractivity contribution < 1.29 is 19.4 Å². The van der Waals surface area contributed by atoms with Crippen molar-refractivity contribution in [2.24, 2.45) is 5.41 Å². The number of carbonyl (C=O) groups is 2. The summed E-state index contributed by atoms with van der Waals surface area (Å²) in [6.07, 6.45) is -0.0315. The Bertz CT molecular complexity index is 1290. The number of methoxy groups -OCH3 is 1. The van der Waals surface area contributed by atoms with Crippen molar-refractivity contribution in [2.45, 2.75) is 25.4 Å². The number of nitriles is 1. The quantitative estimate of drug-likeness (QED) is 0.520. The zero-order chi connectivity index (χ0) is 24.5. The molecule has 172 valence electrons. The lowest BCUT2D eigenvalue weighted by Crippen LogP contribution is -2.43. The maximum absolute atomic E-state index is 14.3. The van der Waals surface area contributed by atoms with E-state index in [1.807, 2.05) is 30.3 Å². The van der Waals surface area contributed by atoms with Crippen LogP contribution in [0, 0.1) is 16.7 Å². The number of amides is 1. The SMILES string of the molecule is COc1cccc(-c2ccccc2)c1C(=O)N1C(C(=O)O)CC(C)(C#N)C1c1ccccc1Cl. The van der Waals surface area contributed by atoms with Crippen molar-refractivity contribution in [2.75, 3.05) is 7.11 Å². The second-order valence-corrected chi connectivity index (χ2v) is 8.88. The molecule has 0 bridgehead atoms. The van der Waals surface area contributed by atoms with Gasteiger partial charge in [0.15, 0.2) is 0 Å². The Balaban J connectivity index is 1.96. The highest BCUT2D eigenvalue weighted by Crippen LogP contribution is 2.52. The van der Waals surface area contributed by atoms with E-state index < -0.39 is 29.4 Å². The first-order chi connectivity index (χ1) is 16.3. The summed E-state index contributed by atoms with van der Waals surface area (Å²) >= 11 is 6.50. The van der Waals surface area contributed by atoms with E-state index in [0.717, 1.165) is 5.56 Å². The van der Waals surface area contributed by atoms with Crippen molar-refractivity contribution in [1.82, 2.24) is 4.90 Å². The fourth-order valence-electron chi connectivity index (χ4n) is 4.77. The minimum absolute atomic E-state index is 0.0315. The van der Waals surface area contributed by atoms with Crippen molar-refractivity contribution in [3.05, 3.63) is 88.9 Å². The smallest absolute Gasteiger partial charge is 0.326 e. The Labute approximate surface area is 203 Å². The Morgan fingerprint density at radius 3 is 2.38 bits per heavy atom. The van der Waals surface area contributed by atoms with Crippen LogP contribution in [0.25, 0.3) is 11.1 Å². The van der Waals surface area contributed by atoms with E-state index in [9.17, 15) is 20.0 Å². The van der Waals surface area contributed by atoms with Crippen LogP contribution < -0.4 is 4.74 Å². The number of nitrogens with zero attached hydrogens (tertiary/aromatic N) is 2. The first-order valence-electron chi connectivity index (χ1n) is 10.8. The van der Waals surface area contributed by atoms with Crippen LogP contribution in [-0.2, 0) is 4.79 Å². The number of rotatable bonds is 5. The van der Waals surface area contributed by atoms with Crippen LogP contribution in [0.4, 0.5) is 0 Å². The van der Waals surface area contributed by atoms with E-state index in [1.54, 1.807) is 49.4 Å². The molecule has 3 aromatic carbocycles. The average molecular weight is 475 g/mol. The molecule has 7 heteroatoms. The molecule has 34 heavy (non-hydrogen) atoms. The van der Waals surface area contributed by atoms with Gasteiger partial charge in [0.25, 0.3) is 5.91 Å². The minimum atomic E-state index is -1.22. The Hall–Kier alpha value is -3.82. The monoisotopic (exact) mass is 474 g/mol. The van der Waals surface area contributed by atoms with Crippen LogP contribution in [0.1, 0.15) is 35.3 Å². The molecule has 3 atom stereocenters. The summed E-state index contributed by atoms with van der Waals surface area (Å²) in [6, 6.07) is 21.7. The van der Waals surface area contributed by atoms with Crippen LogP contribution >= 0.6 is 11.6 Å². The Kier molecular flexibility index (Phi) is 6.32. The predicted octanol–water partition coefficient (Wildman–Crippen LogP) is 5.59. The predicted molar refractivity (Wildman–Crippen MR) is 129 cm³/mol. The Morgan fingerprint density at radius 2 is 1.76 bits per heavy atom. The third-order valence-electron chi connectivity index (χ3n) is 6.35. The summed E-state index contributed by atoms with van der Waals surface area (Å²) in [5.41, 5.74) is 0.993. The van der Waals surface area contributed by atoms with Crippen molar-refractivity contribution in [1.29, 1.82) is 5.26 Å². The lowest BCUT2D eigenvalue weighted by Gasteiger charge is -2.33. The van der Waals surface area contributed by atoms with E-state index >= 15 is 0 Å². The molecule has 1 heterocycles. The molecule has 1 aliphatic heterocycles. The molecular formula is C27H23ClN2O4. The highest BCUT2D eigenvalue weighted by atomic mass is 35.5. The van der Waals surface area contributed by atoms with Crippen LogP contribution in [0.15, 0.2) is 72.8 Å². The number of ether oxygens (including phenoxy) is 1. The first-order valence-corrected chi connectivity index (χ1v) is 11.1. The Morgan fingerprint density at radius 1 is 1.09 bits per heavy atom. The topological polar surface area (TPSA) is 90.6 Å². The maximum Gasteiger partial charge on any atom is 0.326 e. The zero-order valence-corrected chi connectivity index (χ0v) is 19.5. The lowest BCUT2D eigenvalue weighted by atomic mass is 9.79. The van der Waals surface area contributed by atoms with Gasteiger partial charge in [-0.05, 0) is 42.2 Å². The molecule has 0 spiro atoms. The fraction of sp³-hybridized carbons (Fsp3) is 0.222. The first kappa shape index (κ1) is 23.3. The molecule has 0 saturated carbocycles. The second kappa shape index (κ2) is 9.20. The highest BCUT2D eigenvalue weighted by molar-refractivity contribution is 6.31. The molecule has 0 radical (unpaired) electrons.